The molecule has 13 heavy (non-hydrogen) atoms. The largest absolute Gasteiger partial charge is 2.00 e. The molecule has 4 nitrogen and oxygen atoms in total. The van der Waals surface area contributed by atoms with E-state index in [1.807, 2.05) is 5.79 Å². The maximum absolute atomic E-state index is 8.96. The summed E-state index contributed by atoms with van der Waals surface area (Å²) < 4.78 is 5.01. The number of hydrogen-bond acceptors (Lipinski definition) is 3. The first kappa shape index (κ1) is 36.6. The van der Waals surface area contributed by atoms with Gasteiger partial charge in [0.15, 0.2) is 0 Å². The molecule has 0 atom stereocenters. The van der Waals surface area contributed by atoms with Crippen LogP contribution in [0.5, 0.6) is 0 Å². The van der Waals surface area contributed by atoms with Gasteiger partial charge in [-0.1, -0.05) is 5.79 Å². The van der Waals surface area contributed by atoms with Crippen LogP contribution >= 0.6 is 0 Å². The van der Waals surface area contributed by atoms with Gasteiger partial charge in [-0.25, -0.2) is 0 Å². The molecule has 0 spiro atoms. The third kappa shape index (κ3) is 59.2. The fourth-order valence-corrected chi connectivity index (χ4v) is 2.60. The van der Waals surface area contributed by atoms with E-state index in [4.69, 9.17) is 13.4 Å². The van der Waals surface area contributed by atoms with Gasteiger partial charge in [-0.15, -0.1) is 0 Å². The second-order valence-electron chi connectivity index (χ2n) is 1.80. The molecular weight excluding hydrogens is 282 g/mol. The summed E-state index contributed by atoms with van der Waals surface area (Å²) in [4.78, 5) is 8.96. The molecule has 4 N–H and O–H groups in total. The van der Waals surface area contributed by atoms with Crippen LogP contribution in [0, 0.1) is 14.9 Å². The van der Waals surface area contributed by atoms with Gasteiger partial charge < -0.3 is 33.7 Å². The molecule has 0 unspecified atom stereocenters. The molecule has 0 heterocycles. The number of aliphatic hydroxyl groups excluding tert-OH is 1. The molecule has 81 valence electrons. The predicted octanol–water partition coefficient (Wildman–Crippen LogP) is 0.0463. The van der Waals surface area contributed by atoms with Crippen molar-refractivity contribution in [2.75, 3.05) is 7.11 Å². The minimum absolute atomic E-state index is 0. The van der Waals surface area contributed by atoms with Crippen molar-refractivity contribution in [1.82, 2.24) is 0 Å². The van der Waals surface area contributed by atoms with Gasteiger partial charge in [0.25, 0.3) is 8.56 Å². The fraction of sp³-hybridized carbons (Fsp3) is 0.667. The molecule has 0 saturated heterocycles. The Morgan fingerprint density at radius 2 is 1.38 bits per heavy atom. The quantitative estimate of drug-likeness (QED) is 0.558. The Hall–Kier alpha value is 1.47. The monoisotopic (exact) mass is 303 g/mol. The molecule has 0 aromatic heterocycles. The molecule has 0 amide bonds. The third-order valence-electron chi connectivity index (χ3n) is 0.406. The summed E-state index contributed by atoms with van der Waals surface area (Å²) in [6, 6.07) is 0. The Balaban J connectivity index is -0.0000000191. The van der Waals surface area contributed by atoms with Crippen LogP contribution in [0.15, 0.2) is 0 Å². The van der Waals surface area contributed by atoms with E-state index in [1.54, 1.807) is 13.1 Å². The van der Waals surface area contributed by atoms with Crippen LogP contribution in [-0.4, -0.2) is 46.6 Å². The summed E-state index contributed by atoms with van der Waals surface area (Å²) in [5.74, 6) is 1.96. The smallest absolute Gasteiger partial charge is 0.532 e. The Labute approximate surface area is 109 Å². The van der Waals surface area contributed by atoms with Crippen molar-refractivity contribution in [3.63, 3.8) is 0 Å². The van der Waals surface area contributed by atoms with Gasteiger partial charge in [-0.3, -0.25) is 0 Å². The number of hydrogen-bond donors (Lipinski definition) is 2. The molecule has 0 aliphatic carbocycles. The Bertz CT molecular complexity index is 63.1. The zero-order chi connectivity index (χ0) is 7.91. The average molecular weight is 305 g/mol. The predicted molar refractivity (Wildman–Crippen MR) is 57.0 cm³/mol. The molecule has 0 fully saturated rings. The summed E-state index contributed by atoms with van der Waals surface area (Å²) in [5, 5.41) is 7.00. The first-order valence-electron chi connectivity index (χ1n) is 2.69. The van der Waals surface area contributed by atoms with E-state index < -0.39 is 8.56 Å². The number of rotatable bonds is 2. The van der Waals surface area contributed by atoms with Crippen molar-refractivity contribution >= 4 is 24.1 Å². The van der Waals surface area contributed by atoms with Gasteiger partial charge in [0.05, 0.1) is 0 Å². The van der Waals surface area contributed by atoms with E-state index in [-0.39, 0.29) is 62.1 Å². The van der Waals surface area contributed by atoms with Crippen molar-refractivity contribution < 1.29 is 45.1 Å². The minimum Gasteiger partial charge on any atom is -0.532 e. The van der Waals surface area contributed by atoms with E-state index >= 15 is 0 Å². The number of aliphatic hydroxyl groups is 1. The molecule has 0 aliphatic heterocycles. The maximum atomic E-state index is 8.96. The summed E-state index contributed by atoms with van der Waals surface area (Å²) in [6.45, 7) is 3.53. The topological polar surface area (TPSA) is 81.2 Å². The summed E-state index contributed by atoms with van der Waals surface area (Å²) in [5.41, 5.74) is 0. The molecule has 0 aromatic rings. The summed E-state index contributed by atoms with van der Waals surface area (Å²) in [6.07, 6.45) is 0. The van der Waals surface area contributed by atoms with Gasteiger partial charge in [-0.05, 0) is 13.1 Å². The van der Waals surface area contributed by atoms with Gasteiger partial charge in [-0.2, -0.15) is 0 Å². The van der Waals surface area contributed by atoms with Crippen molar-refractivity contribution in [3.05, 3.63) is 14.9 Å². The SMILES string of the molecule is CO.O.[CH3-].[CH3-].[CH3][Al][O][Si](C)(C)O.[Zr+2]. The zero-order valence-corrected chi connectivity index (χ0v) is 14.0. The fourth-order valence-electron chi connectivity index (χ4n) is 0.288. The summed E-state index contributed by atoms with van der Waals surface area (Å²) in [7, 11) is -1.12. The Kier molecular flexibility index (Phi) is 65.8. The van der Waals surface area contributed by atoms with Crippen molar-refractivity contribution in [2.24, 2.45) is 0 Å². The first-order chi connectivity index (χ1) is 4.06. The van der Waals surface area contributed by atoms with Crippen LogP contribution in [0.25, 0.3) is 0 Å². The van der Waals surface area contributed by atoms with Crippen molar-refractivity contribution in [2.45, 2.75) is 18.9 Å². The molecular formula is C6H22AlO4SiZr. The maximum Gasteiger partial charge on any atom is 2.00 e. The van der Waals surface area contributed by atoms with E-state index in [0.717, 1.165) is 7.11 Å². The summed E-state index contributed by atoms with van der Waals surface area (Å²) >= 11 is 0.0212. The van der Waals surface area contributed by atoms with Crippen LogP contribution < -0.4 is 0 Å². The molecule has 1 radical (unpaired) electrons. The molecule has 0 saturated carbocycles. The average Bonchev–Trinajstić information content (AvgIpc) is 1.69. The van der Waals surface area contributed by atoms with Crippen LogP contribution in [0.1, 0.15) is 0 Å². The molecule has 0 bridgehead atoms. The van der Waals surface area contributed by atoms with E-state index in [2.05, 4.69) is 0 Å². The van der Waals surface area contributed by atoms with E-state index in [0.29, 0.717) is 0 Å². The molecule has 0 rings (SSSR count). The van der Waals surface area contributed by atoms with E-state index in [1.165, 1.54) is 0 Å². The molecule has 0 aromatic carbocycles. The standard InChI is InChI=1S/C2H7O2Si.CH4O.3CH3.Al.H2O.Zr/c1-5(2,3)4;1-2;;;;;;/h3H,1-2H3;2H,1H3;3*1H3;;1H2;/q-1;;;2*-1;+1;;+2. The van der Waals surface area contributed by atoms with Gasteiger partial charge in [0.2, 0.25) is 0 Å². The Morgan fingerprint density at radius 3 is 1.38 bits per heavy atom. The normalized spacial score (nSPS) is 6.62. The second-order valence-corrected chi connectivity index (χ2v) is 6.11. The van der Waals surface area contributed by atoms with Gasteiger partial charge in [0.1, 0.15) is 0 Å². The van der Waals surface area contributed by atoms with Gasteiger partial charge >= 0.3 is 41.8 Å². The van der Waals surface area contributed by atoms with Crippen molar-refractivity contribution in [3.8, 4) is 0 Å². The first-order valence-corrected chi connectivity index (χ1v) is 7.17. The molecule has 7 heteroatoms. The van der Waals surface area contributed by atoms with Crippen LogP contribution in [0.3, 0.4) is 0 Å². The second kappa shape index (κ2) is 23.4. The Morgan fingerprint density at radius 1 is 1.15 bits per heavy atom. The van der Waals surface area contributed by atoms with Crippen molar-refractivity contribution in [1.29, 1.82) is 0 Å². The van der Waals surface area contributed by atoms with Crippen LogP contribution in [0.2, 0.25) is 18.9 Å². The minimum atomic E-state index is -2.12. The third-order valence-corrected chi connectivity index (χ3v) is 3.66. The zero-order valence-electron chi connectivity index (χ0n) is 9.38. The van der Waals surface area contributed by atoms with Crippen LogP contribution in [-0.2, 0) is 29.7 Å². The van der Waals surface area contributed by atoms with E-state index in [9.17, 15) is 0 Å². The molecule has 0 aliphatic rings. The van der Waals surface area contributed by atoms with Gasteiger partial charge in [0, 0.05) is 7.11 Å². The van der Waals surface area contributed by atoms with Crippen LogP contribution in [0.4, 0.5) is 0 Å².